The molecule has 2 aliphatic rings. The number of benzene rings is 1. The lowest BCUT2D eigenvalue weighted by molar-refractivity contribution is -0.144. The topological polar surface area (TPSA) is 69.7 Å². The van der Waals surface area contributed by atoms with E-state index in [-0.39, 0.29) is 29.5 Å². The van der Waals surface area contributed by atoms with E-state index in [0.717, 1.165) is 18.4 Å². The zero-order chi connectivity index (χ0) is 20.8. The van der Waals surface area contributed by atoms with Crippen LogP contribution in [-0.2, 0) is 20.8 Å². The second-order valence-corrected chi connectivity index (χ2v) is 8.16. The van der Waals surface area contributed by atoms with Gasteiger partial charge in [-0.15, -0.1) is 0 Å². The lowest BCUT2D eigenvalue weighted by Crippen LogP contribution is -2.49. The summed E-state index contributed by atoms with van der Waals surface area (Å²) in [7, 11) is 0. The molecule has 0 saturated carbocycles. The Hall–Kier alpha value is -2.44. The van der Waals surface area contributed by atoms with Gasteiger partial charge in [0.2, 0.25) is 17.7 Å². The fourth-order valence-electron chi connectivity index (χ4n) is 4.19. The Morgan fingerprint density at radius 1 is 1.21 bits per heavy atom. The highest BCUT2D eigenvalue weighted by molar-refractivity contribution is 5.84. The Morgan fingerprint density at radius 3 is 2.66 bits per heavy atom. The van der Waals surface area contributed by atoms with E-state index in [2.05, 4.69) is 5.32 Å². The molecular formula is C22H30FN3O3. The first-order valence-corrected chi connectivity index (χ1v) is 10.5. The molecule has 1 atom stereocenters. The lowest BCUT2D eigenvalue weighted by Gasteiger charge is -2.37. The number of halogens is 1. The van der Waals surface area contributed by atoms with E-state index in [1.807, 2.05) is 11.0 Å². The fraction of sp³-hybridized carbons (Fsp3) is 0.591. The van der Waals surface area contributed by atoms with E-state index in [1.54, 1.807) is 11.0 Å². The van der Waals surface area contributed by atoms with Crippen LogP contribution >= 0.6 is 0 Å². The minimum atomic E-state index is -0.276. The molecule has 0 radical (unpaired) electrons. The molecule has 0 spiro atoms. The normalized spacial score (nSPS) is 20.6. The second-order valence-electron chi connectivity index (χ2n) is 8.16. The highest BCUT2D eigenvalue weighted by Gasteiger charge is 2.34. The minimum Gasteiger partial charge on any atom is -0.356 e. The molecule has 3 amide bonds. The van der Waals surface area contributed by atoms with Crippen molar-refractivity contribution >= 4 is 17.7 Å². The van der Waals surface area contributed by atoms with Crippen LogP contribution in [0.5, 0.6) is 0 Å². The first kappa shape index (κ1) is 21.3. The second kappa shape index (κ2) is 9.85. The molecule has 29 heavy (non-hydrogen) atoms. The number of nitrogens with one attached hydrogen (secondary N) is 1. The van der Waals surface area contributed by atoms with E-state index in [9.17, 15) is 18.8 Å². The molecule has 0 aromatic heterocycles. The lowest BCUT2D eigenvalue weighted by atomic mass is 9.92. The molecule has 2 saturated heterocycles. The van der Waals surface area contributed by atoms with Crippen molar-refractivity contribution in [3.8, 4) is 0 Å². The van der Waals surface area contributed by atoms with Gasteiger partial charge >= 0.3 is 0 Å². The zero-order valence-electron chi connectivity index (χ0n) is 17.0. The van der Waals surface area contributed by atoms with Gasteiger partial charge in [-0.1, -0.05) is 12.1 Å². The summed E-state index contributed by atoms with van der Waals surface area (Å²) >= 11 is 0. The van der Waals surface area contributed by atoms with Crippen LogP contribution in [0.25, 0.3) is 0 Å². The summed E-state index contributed by atoms with van der Waals surface area (Å²) in [5.74, 6) is 0.160. The molecule has 0 unspecified atom stereocenters. The molecule has 158 valence electrons. The molecule has 2 heterocycles. The number of carbonyl (C=O) groups excluding carboxylic acids is 3. The highest BCUT2D eigenvalue weighted by atomic mass is 19.1. The quantitative estimate of drug-likeness (QED) is 0.790. The van der Waals surface area contributed by atoms with Gasteiger partial charge in [-0.2, -0.15) is 0 Å². The van der Waals surface area contributed by atoms with E-state index in [0.29, 0.717) is 57.9 Å². The van der Waals surface area contributed by atoms with Crippen molar-refractivity contribution < 1.29 is 18.8 Å². The third kappa shape index (κ3) is 6.02. The third-order valence-corrected chi connectivity index (χ3v) is 5.97. The monoisotopic (exact) mass is 403 g/mol. The molecule has 0 bridgehead atoms. The standard InChI is InChI=1S/C22H30FN3O3/c1-16(27)24-14-18-8-10-25(11-9-18)22(29)19-5-6-21(28)26(15-19)12-7-17-3-2-4-20(23)13-17/h2-4,13,18-19H,5-12,14-15H2,1H3,(H,24,27)/t19-/m0/s1. The van der Waals surface area contributed by atoms with Crippen LogP contribution in [0.2, 0.25) is 0 Å². The predicted molar refractivity (Wildman–Crippen MR) is 107 cm³/mol. The third-order valence-electron chi connectivity index (χ3n) is 5.97. The average Bonchev–Trinajstić information content (AvgIpc) is 2.71. The van der Waals surface area contributed by atoms with Crippen molar-refractivity contribution in [3.05, 3.63) is 35.6 Å². The van der Waals surface area contributed by atoms with Crippen molar-refractivity contribution in [2.24, 2.45) is 11.8 Å². The Balaban J connectivity index is 1.48. The van der Waals surface area contributed by atoms with Crippen LogP contribution in [0.15, 0.2) is 24.3 Å². The van der Waals surface area contributed by atoms with Crippen molar-refractivity contribution in [1.29, 1.82) is 0 Å². The number of hydrogen-bond donors (Lipinski definition) is 1. The maximum Gasteiger partial charge on any atom is 0.227 e. The summed E-state index contributed by atoms with van der Waals surface area (Å²) in [5.41, 5.74) is 0.854. The first-order valence-electron chi connectivity index (χ1n) is 10.5. The predicted octanol–water partition coefficient (Wildman–Crippen LogP) is 1.98. The van der Waals surface area contributed by atoms with Gasteiger partial charge in [-0.3, -0.25) is 14.4 Å². The molecule has 2 fully saturated rings. The SMILES string of the molecule is CC(=O)NCC1CCN(C(=O)[C@H]2CCC(=O)N(CCc3cccc(F)c3)C2)CC1. The first-order chi connectivity index (χ1) is 13.9. The van der Waals surface area contributed by atoms with Crippen LogP contribution in [0, 0.1) is 17.7 Å². The minimum absolute atomic E-state index is 0.0197. The summed E-state index contributed by atoms with van der Waals surface area (Å²) < 4.78 is 13.3. The van der Waals surface area contributed by atoms with Gasteiger partial charge in [-0.25, -0.2) is 4.39 Å². The molecule has 0 aliphatic carbocycles. The van der Waals surface area contributed by atoms with Gasteiger partial charge in [0.25, 0.3) is 0 Å². The number of likely N-dealkylation sites (tertiary alicyclic amines) is 2. The number of nitrogens with zero attached hydrogens (tertiary/aromatic N) is 2. The van der Waals surface area contributed by atoms with Crippen molar-refractivity contribution in [2.75, 3.05) is 32.7 Å². The summed E-state index contributed by atoms with van der Waals surface area (Å²) in [6.07, 6.45) is 3.35. The van der Waals surface area contributed by atoms with Crippen LogP contribution in [0.4, 0.5) is 4.39 Å². The Kier molecular flexibility index (Phi) is 7.23. The van der Waals surface area contributed by atoms with Crippen LogP contribution < -0.4 is 5.32 Å². The number of carbonyl (C=O) groups is 3. The van der Waals surface area contributed by atoms with Crippen LogP contribution in [0.1, 0.15) is 38.2 Å². The van der Waals surface area contributed by atoms with Crippen molar-refractivity contribution in [1.82, 2.24) is 15.1 Å². The molecule has 1 N–H and O–H groups in total. The summed E-state index contributed by atoms with van der Waals surface area (Å²) in [6, 6.07) is 6.42. The molecule has 2 aliphatic heterocycles. The van der Waals surface area contributed by atoms with Crippen molar-refractivity contribution in [2.45, 2.75) is 39.0 Å². The highest BCUT2D eigenvalue weighted by Crippen LogP contribution is 2.24. The van der Waals surface area contributed by atoms with E-state index < -0.39 is 0 Å². The molecular weight excluding hydrogens is 373 g/mol. The largest absolute Gasteiger partial charge is 0.356 e. The maximum atomic E-state index is 13.3. The van der Waals surface area contributed by atoms with Gasteiger partial charge < -0.3 is 15.1 Å². The van der Waals surface area contributed by atoms with Crippen LogP contribution in [0.3, 0.4) is 0 Å². The van der Waals surface area contributed by atoms with E-state index >= 15 is 0 Å². The number of hydrogen-bond acceptors (Lipinski definition) is 3. The Morgan fingerprint density at radius 2 is 1.97 bits per heavy atom. The van der Waals surface area contributed by atoms with E-state index in [4.69, 9.17) is 0 Å². The fourth-order valence-corrected chi connectivity index (χ4v) is 4.19. The molecule has 1 aromatic rings. The van der Waals surface area contributed by atoms with Gasteiger partial charge in [0, 0.05) is 46.1 Å². The van der Waals surface area contributed by atoms with Gasteiger partial charge in [0.05, 0.1) is 5.92 Å². The van der Waals surface area contributed by atoms with Gasteiger partial charge in [0.1, 0.15) is 5.82 Å². The summed E-state index contributed by atoms with van der Waals surface area (Å²) in [5, 5.41) is 2.85. The summed E-state index contributed by atoms with van der Waals surface area (Å²) in [6.45, 7) is 4.55. The maximum absolute atomic E-state index is 13.3. The Labute approximate surface area is 171 Å². The number of rotatable bonds is 6. The number of piperidine rings is 2. The van der Waals surface area contributed by atoms with Gasteiger partial charge in [0.15, 0.2) is 0 Å². The number of amides is 3. The smallest absolute Gasteiger partial charge is 0.227 e. The molecule has 3 rings (SSSR count). The zero-order valence-corrected chi connectivity index (χ0v) is 17.0. The summed E-state index contributed by atoms with van der Waals surface area (Å²) in [4.78, 5) is 40.0. The molecule has 6 nitrogen and oxygen atoms in total. The average molecular weight is 403 g/mol. The Bertz CT molecular complexity index is 747. The van der Waals surface area contributed by atoms with Crippen molar-refractivity contribution in [3.63, 3.8) is 0 Å². The van der Waals surface area contributed by atoms with Crippen LogP contribution in [-0.4, -0.2) is 60.2 Å². The van der Waals surface area contributed by atoms with E-state index in [1.165, 1.54) is 19.1 Å². The van der Waals surface area contributed by atoms with Gasteiger partial charge in [-0.05, 0) is 49.3 Å². The molecule has 7 heteroatoms. The molecule has 1 aromatic carbocycles.